The van der Waals surface area contributed by atoms with Gasteiger partial charge in [-0.3, -0.25) is 4.98 Å². The molecular weight excluding hydrogens is 207 g/mol. The molecule has 0 aliphatic heterocycles. The fourth-order valence-corrected chi connectivity index (χ4v) is 1.87. The van der Waals surface area contributed by atoms with Crippen LogP contribution < -0.4 is 5.73 Å². The minimum atomic E-state index is -1.20. The maximum absolute atomic E-state index is 13.8. The van der Waals surface area contributed by atoms with Gasteiger partial charge in [-0.05, 0) is 26.0 Å². The summed E-state index contributed by atoms with van der Waals surface area (Å²) in [5.74, 6) is -0.422. The summed E-state index contributed by atoms with van der Waals surface area (Å²) in [5, 5.41) is 10.3. The summed E-state index contributed by atoms with van der Waals surface area (Å²) in [6, 6.07) is 4.60. The number of pyridine rings is 1. The molecule has 1 heterocycles. The predicted octanol–water partition coefficient (Wildman–Crippen LogP) is 2.18. The monoisotopic (exact) mass is 220 g/mol. The number of halogens is 1. The largest absolute Gasteiger partial charge is 0.397 e. The number of hydrogen-bond donors (Lipinski definition) is 2. The lowest BCUT2D eigenvalue weighted by atomic mass is 9.93. The van der Waals surface area contributed by atoms with Crippen molar-refractivity contribution in [2.75, 3.05) is 5.73 Å². The molecule has 0 bridgehead atoms. The molecule has 0 saturated heterocycles. The van der Waals surface area contributed by atoms with Gasteiger partial charge in [-0.15, -0.1) is 0 Å². The second kappa shape index (κ2) is 3.42. The van der Waals surface area contributed by atoms with E-state index in [1.54, 1.807) is 26.0 Å². The van der Waals surface area contributed by atoms with Crippen molar-refractivity contribution < 1.29 is 9.50 Å². The third-order valence-corrected chi connectivity index (χ3v) is 2.48. The minimum absolute atomic E-state index is 0.287. The summed E-state index contributed by atoms with van der Waals surface area (Å²) in [6.45, 7) is 3.15. The zero-order valence-electron chi connectivity index (χ0n) is 9.16. The average molecular weight is 220 g/mol. The molecule has 0 radical (unpaired) electrons. The average Bonchev–Trinajstić information content (AvgIpc) is 2.17. The van der Waals surface area contributed by atoms with Gasteiger partial charge in [0.25, 0.3) is 0 Å². The second-order valence-electron chi connectivity index (χ2n) is 4.28. The molecule has 16 heavy (non-hydrogen) atoms. The lowest BCUT2D eigenvalue weighted by molar-refractivity contribution is 0.0807. The molecule has 1 aromatic heterocycles. The number of anilines is 1. The molecule has 1 aromatic carbocycles. The van der Waals surface area contributed by atoms with Crippen molar-refractivity contribution >= 4 is 16.6 Å². The molecule has 0 spiro atoms. The van der Waals surface area contributed by atoms with Crippen LogP contribution in [-0.4, -0.2) is 10.1 Å². The Balaban J connectivity index is 2.95. The first-order chi connectivity index (χ1) is 7.41. The van der Waals surface area contributed by atoms with E-state index in [-0.39, 0.29) is 5.39 Å². The number of nitrogens with zero attached hydrogens (tertiary/aromatic N) is 1. The lowest BCUT2D eigenvalue weighted by Gasteiger charge is -2.22. The van der Waals surface area contributed by atoms with E-state index in [1.807, 2.05) is 0 Å². The van der Waals surface area contributed by atoms with Crippen molar-refractivity contribution in [1.82, 2.24) is 4.98 Å². The van der Waals surface area contributed by atoms with E-state index < -0.39 is 11.4 Å². The topological polar surface area (TPSA) is 59.1 Å². The highest BCUT2D eigenvalue weighted by atomic mass is 19.1. The normalized spacial score (nSPS) is 12.0. The summed E-state index contributed by atoms with van der Waals surface area (Å²) in [5.41, 5.74) is 5.72. The van der Waals surface area contributed by atoms with Crippen LogP contribution in [0.5, 0.6) is 0 Å². The molecule has 2 aromatic rings. The van der Waals surface area contributed by atoms with Crippen LogP contribution in [0.2, 0.25) is 0 Å². The van der Waals surface area contributed by atoms with Gasteiger partial charge in [-0.2, -0.15) is 0 Å². The Bertz CT molecular complexity index is 546. The summed E-state index contributed by atoms with van der Waals surface area (Å²) < 4.78 is 13.8. The van der Waals surface area contributed by atoms with E-state index in [2.05, 4.69) is 4.98 Å². The predicted molar refractivity (Wildman–Crippen MR) is 61.4 cm³/mol. The molecule has 4 heteroatoms. The Hall–Kier alpha value is -1.68. The van der Waals surface area contributed by atoms with Gasteiger partial charge in [0.1, 0.15) is 5.82 Å². The van der Waals surface area contributed by atoms with Crippen LogP contribution in [0, 0.1) is 5.82 Å². The SMILES string of the molecule is CC(C)(O)c1c(N)cnc2cccc(F)c12. The van der Waals surface area contributed by atoms with Gasteiger partial charge in [-0.1, -0.05) is 6.07 Å². The zero-order valence-corrected chi connectivity index (χ0v) is 9.16. The van der Waals surface area contributed by atoms with Gasteiger partial charge in [0, 0.05) is 10.9 Å². The Kier molecular flexibility index (Phi) is 2.31. The van der Waals surface area contributed by atoms with Gasteiger partial charge in [-0.25, -0.2) is 4.39 Å². The number of fused-ring (bicyclic) bond motifs is 1. The van der Waals surface area contributed by atoms with Crippen LogP contribution in [0.1, 0.15) is 19.4 Å². The molecular formula is C12H13FN2O. The van der Waals surface area contributed by atoms with Crippen molar-refractivity contribution in [3.05, 3.63) is 35.8 Å². The van der Waals surface area contributed by atoms with Crippen LogP contribution in [0.25, 0.3) is 10.9 Å². The maximum Gasteiger partial charge on any atom is 0.133 e. The Labute approximate surface area is 92.7 Å². The van der Waals surface area contributed by atoms with Crippen molar-refractivity contribution in [3.8, 4) is 0 Å². The van der Waals surface area contributed by atoms with Crippen LogP contribution >= 0.6 is 0 Å². The summed E-state index contributed by atoms with van der Waals surface area (Å²) >= 11 is 0. The number of nitrogens with two attached hydrogens (primary N) is 1. The van der Waals surface area contributed by atoms with Crippen LogP contribution in [0.3, 0.4) is 0 Å². The molecule has 0 fully saturated rings. The van der Waals surface area contributed by atoms with E-state index in [4.69, 9.17) is 5.73 Å². The minimum Gasteiger partial charge on any atom is -0.397 e. The molecule has 3 nitrogen and oxygen atoms in total. The lowest BCUT2D eigenvalue weighted by Crippen LogP contribution is -2.19. The number of aliphatic hydroxyl groups is 1. The fourth-order valence-electron chi connectivity index (χ4n) is 1.87. The third kappa shape index (κ3) is 1.61. The standard InChI is InChI=1S/C12H13FN2O/c1-12(2,16)11-8(14)6-15-9-5-3-4-7(13)10(9)11/h3-6,16H,14H2,1-2H3. The van der Waals surface area contributed by atoms with Gasteiger partial charge in [0.2, 0.25) is 0 Å². The number of benzene rings is 1. The first kappa shape index (κ1) is 10.8. The summed E-state index contributed by atoms with van der Waals surface area (Å²) in [6.07, 6.45) is 1.44. The van der Waals surface area contributed by atoms with E-state index in [0.29, 0.717) is 16.8 Å². The molecule has 3 N–H and O–H groups in total. The fraction of sp³-hybridized carbons (Fsp3) is 0.250. The second-order valence-corrected chi connectivity index (χ2v) is 4.28. The molecule has 0 atom stereocenters. The molecule has 0 saturated carbocycles. The van der Waals surface area contributed by atoms with E-state index in [0.717, 1.165) is 0 Å². The first-order valence-electron chi connectivity index (χ1n) is 4.97. The Morgan fingerprint density at radius 2 is 2.06 bits per heavy atom. The van der Waals surface area contributed by atoms with Gasteiger partial charge in [0.15, 0.2) is 0 Å². The Morgan fingerprint density at radius 3 is 2.69 bits per heavy atom. The highest BCUT2D eigenvalue weighted by molar-refractivity contribution is 5.87. The highest BCUT2D eigenvalue weighted by Gasteiger charge is 2.24. The number of aromatic nitrogens is 1. The summed E-state index contributed by atoms with van der Waals surface area (Å²) in [7, 11) is 0. The van der Waals surface area contributed by atoms with Crippen molar-refractivity contribution in [3.63, 3.8) is 0 Å². The van der Waals surface area contributed by atoms with E-state index in [9.17, 15) is 9.50 Å². The van der Waals surface area contributed by atoms with Crippen molar-refractivity contribution in [1.29, 1.82) is 0 Å². The van der Waals surface area contributed by atoms with Gasteiger partial charge >= 0.3 is 0 Å². The zero-order chi connectivity index (χ0) is 11.9. The number of rotatable bonds is 1. The highest BCUT2D eigenvalue weighted by Crippen LogP contribution is 2.33. The van der Waals surface area contributed by atoms with Crippen LogP contribution in [0.4, 0.5) is 10.1 Å². The van der Waals surface area contributed by atoms with E-state index in [1.165, 1.54) is 12.3 Å². The molecule has 84 valence electrons. The molecule has 0 aliphatic rings. The first-order valence-corrected chi connectivity index (χ1v) is 4.97. The smallest absolute Gasteiger partial charge is 0.133 e. The van der Waals surface area contributed by atoms with Gasteiger partial charge in [0.05, 0.1) is 23.0 Å². The van der Waals surface area contributed by atoms with E-state index >= 15 is 0 Å². The Morgan fingerprint density at radius 1 is 1.38 bits per heavy atom. The van der Waals surface area contributed by atoms with Crippen molar-refractivity contribution in [2.24, 2.45) is 0 Å². The molecule has 0 amide bonds. The molecule has 0 unspecified atom stereocenters. The summed E-state index contributed by atoms with van der Waals surface area (Å²) in [4.78, 5) is 4.04. The molecule has 0 aliphatic carbocycles. The maximum atomic E-state index is 13.8. The van der Waals surface area contributed by atoms with Gasteiger partial charge < -0.3 is 10.8 Å². The van der Waals surface area contributed by atoms with Crippen LogP contribution in [-0.2, 0) is 5.60 Å². The number of hydrogen-bond acceptors (Lipinski definition) is 3. The number of nitrogen functional groups attached to an aromatic ring is 1. The van der Waals surface area contributed by atoms with Crippen LogP contribution in [0.15, 0.2) is 24.4 Å². The third-order valence-electron chi connectivity index (χ3n) is 2.48. The molecule has 2 rings (SSSR count). The quantitative estimate of drug-likeness (QED) is 0.774. The van der Waals surface area contributed by atoms with Crippen molar-refractivity contribution in [2.45, 2.75) is 19.4 Å².